The lowest BCUT2D eigenvalue weighted by atomic mass is 10.2. The molecule has 0 fully saturated rings. The standard InChI is InChI=1S/C17H25N5O2S2/c1-5-18-17(21-12-16-19-10-13(2)25-16)20-11-14-8-6-7-9-15(14)26(23,24)22(3)4/h6-10H,5,11-12H2,1-4H3,(H2,18,20,21). The first-order chi connectivity index (χ1) is 12.3. The second-order valence-electron chi connectivity index (χ2n) is 5.81. The highest BCUT2D eigenvalue weighted by atomic mass is 32.2. The summed E-state index contributed by atoms with van der Waals surface area (Å²) in [7, 11) is -0.456. The zero-order chi connectivity index (χ0) is 19.2. The molecule has 2 aromatic rings. The van der Waals surface area contributed by atoms with Crippen molar-refractivity contribution < 1.29 is 8.42 Å². The number of guanidine groups is 1. The van der Waals surface area contributed by atoms with Crippen LogP contribution in [0.4, 0.5) is 0 Å². The molecule has 0 unspecified atom stereocenters. The molecule has 2 N–H and O–H groups in total. The van der Waals surface area contributed by atoms with E-state index in [0.29, 0.717) is 24.6 Å². The molecule has 142 valence electrons. The summed E-state index contributed by atoms with van der Waals surface area (Å²) >= 11 is 1.63. The van der Waals surface area contributed by atoms with E-state index in [9.17, 15) is 8.42 Å². The minimum absolute atomic E-state index is 0.259. The summed E-state index contributed by atoms with van der Waals surface area (Å²) in [6.07, 6.45) is 1.84. The number of aromatic nitrogens is 1. The fraction of sp³-hybridized carbons (Fsp3) is 0.412. The van der Waals surface area contributed by atoms with E-state index < -0.39 is 10.0 Å². The Hall–Kier alpha value is -1.97. The van der Waals surface area contributed by atoms with E-state index in [-0.39, 0.29) is 11.4 Å². The summed E-state index contributed by atoms with van der Waals surface area (Å²) in [6, 6.07) is 6.93. The maximum absolute atomic E-state index is 12.5. The monoisotopic (exact) mass is 395 g/mol. The molecule has 26 heavy (non-hydrogen) atoms. The van der Waals surface area contributed by atoms with Gasteiger partial charge in [0.25, 0.3) is 0 Å². The van der Waals surface area contributed by atoms with Crippen molar-refractivity contribution in [3.63, 3.8) is 0 Å². The molecule has 0 aliphatic heterocycles. The van der Waals surface area contributed by atoms with Gasteiger partial charge in [0.1, 0.15) is 5.01 Å². The minimum atomic E-state index is -3.51. The number of aryl methyl sites for hydroxylation is 1. The molecule has 2 rings (SSSR count). The van der Waals surface area contributed by atoms with Gasteiger partial charge in [-0.15, -0.1) is 11.3 Å². The molecule has 1 aromatic heterocycles. The van der Waals surface area contributed by atoms with Crippen molar-refractivity contribution in [3.8, 4) is 0 Å². The SMILES string of the molecule is CCNC(=NCc1ccccc1S(=O)(=O)N(C)C)NCc1ncc(C)s1. The summed E-state index contributed by atoms with van der Waals surface area (Å²) in [5.41, 5.74) is 0.656. The van der Waals surface area contributed by atoms with Crippen molar-refractivity contribution in [3.05, 3.63) is 45.9 Å². The van der Waals surface area contributed by atoms with Crippen molar-refractivity contribution in [2.24, 2.45) is 4.99 Å². The maximum atomic E-state index is 12.5. The highest BCUT2D eigenvalue weighted by Gasteiger charge is 2.20. The van der Waals surface area contributed by atoms with Gasteiger partial charge in [-0.3, -0.25) is 0 Å². The Morgan fingerprint density at radius 2 is 2.00 bits per heavy atom. The van der Waals surface area contributed by atoms with Gasteiger partial charge in [0, 0.05) is 31.7 Å². The number of benzene rings is 1. The van der Waals surface area contributed by atoms with Crippen LogP contribution < -0.4 is 10.6 Å². The minimum Gasteiger partial charge on any atom is -0.357 e. The first-order valence-corrected chi connectivity index (χ1v) is 10.5. The van der Waals surface area contributed by atoms with Crippen LogP contribution in [0.15, 0.2) is 40.4 Å². The smallest absolute Gasteiger partial charge is 0.242 e. The lowest BCUT2D eigenvalue weighted by Crippen LogP contribution is -2.36. The summed E-state index contributed by atoms with van der Waals surface area (Å²) in [5.74, 6) is 0.623. The number of sulfonamides is 1. The van der Waals surface area contributed by atoms with Gasteiger partial charge in [-0.05, 0) is 25.5 Å². The Morgan fingerprint density at radius 1 is 1.27 bits per heavy atom. The van der Waals surface area contributed by atoms with E-state index in [1.54, 1.807) is 29.5 Å². The van der Waals surface area contributed by atoms with Crippen LogP contribution in [0.2, 0.25) is 0 Å². The van der Waals surface area contributed by atoms with Gasteiger partial charge in [0.15, 0.2) is 5.96 Å². The Bertz CT molecular complexity index is 860. The highest BCUT2D eigenvalue weighted by Crippen LogP contribution is 2.19. The second kappa shape index (κ2) is 9.11. The Balaban J connectivity index is 2.17. The molecule has 7 nitrogen and oxygen atoms in total. The number of thiazole rings is 1. The molecule has 9 heteroatoms. The third-order valence-electron chi connectivity index (χ3n) is 3.56. The van der Waals surface area contributed by atoms with E-state index >= 15 is 0 Å². The fourth-order valence-corrected chi connectivity index (χ4v) is 4.07. The summed E-state index contributed by atoms with van der Waals surface area (Å²) in [4.78, 5) is 10.3. The van der Waals surface area contributed by atoms with Gasteiger partial charge in [-0.1, -0.05) is 18.2 Å². The van der Waals surface area contributed by atoms with Crippen molar-refractivity contribution >= 4 is 27.3 Å². The van der Waals surface area contributed by atoms with E-state index in [4.69, 9.17) is 0 Å². The molecule has 0 spiro atoms. The lowest BCUT2D eigenvalue weighted by Gasteiger charge is -2.15. The first-order valence-electron chi connectivity index (χ1n) is 8.28. The predicted molar refractivity (Wildman–Crippen MR) is 106 cm³/mol. The molecule has 0 bridgehead atoms. The molecule has 0 atom stereocenters. The van der Waals surface area contributed by atoms with Crippen LogP contribution in [0.5, 0.6) is 0 Å². The largest absolute Gasteiger partial charge is 0.357 e. The molecule has 0 amide bonds. The van der Waals surface area contributed by atoms with Gasteiger partial charge in [-0.2, -0.15) is 0 Å². The number of hydrogen-bond acceptors (Lipinski definition) is 5. The molecule has 0 saturated carbocycles. The van der Waals surface area contributed by atoms with E-state index in [0.717, 1.165) is 9.88 Å². The van der Waals surface area contributed by atoms with Crippen molar-refractivity contribution in [2.45, 2.75) is 31.8 Å². The van der Waals surface area contributed by atoms with Crippen LogP contribution in [-0.2, 0) is 23.1 Å². The fourth-order valence-electron chi connectivity index (χ4n) is 2.23. The van der Waals surface area contributed by atoms with Crippen LogP contribution in [0.25, 0.3) is 0 Å². The maximum Gasteiger partial charge on any atom is 0.242 e. The third-order valence-corrected chi connectivity index (χ3v) is 6.39. The molecule has 0 aliphatic carbocycles. The predicted octanol–water partition coefficient (Wildman–Crippen LogP) is 1.96. The zero-order valence-electron chi connectivity index (χ0n) is 15.5. The van der Waals surface area contributed by atoms with Gasteiger partial charge in [0.2, 0.25) is 10.0 Å². The van der Waals surface area contributed by atoms with Crippen LogP contribution in [-0.4, -0.2) is 44.3 Å². The molecule has 1 aromatic carbocycles. The average Bonchev–Trinajstić information content (AvgIpc) is 3.03. The summed E-state index contributed by atoms with van der Waals surface area (Å²) in [6.45, 7) is 5.54. The molecule has 0 aliphatic rings. The van der Waals surface area contributed by atoms with Crippen LogP contribution >= 0.6 is 11.3 Å². The van der Waals surface area contributed by atoms with Crippen LogP contribution in [0.3, 0.4) is 0 Å². The summed E-state index contributed by atoms with van der Waals surface area (Å²) in [5, 5.41) is 7.37. The second-order valence-corrected chi connectivity index (χ2v) is 9.25. The van der Waals surface area contributed by atoms with Crippen molar-refractivity contribution in [2.75, 3.05) is 20.6 Å². The number of aliphatic imine (C=N–C) groups is 1. The van der Waals surface area contributed by atoms with E-state index in [1.807, 2.05) is 26.1 Å². The Labute approximate surface area is 159 Å². The quantitative estimate of drug-likeness (QED) is 0.553. The molecular weight excluding hydrogens is 370 g/mol. The number of nitrogens with zero attached hydrogens (tertiary/aromatic N) is 3. The summed E-state index contributed by atoms with van der Waals surface area (Å²) < 4.78 is 26.2. The number of hydrogen-bond donors (Lipinski definition) is 2. The first kappa shape index (κ1) is 20.3. The number of nitrogens with one attached hydrogen (secondary N) is 2. The van der Waals surface area contributed by atoms with Crippen molar-refractivity contribution in [1.29, 1.82) is 0 Å². The van der Waals surface area contributed by atoms with Crippen LogP contribution in [0, 0.1) is 6.92 Å². The topological polar surface area (TPSA) is 86.7 Å². The Morgan fingerprint density at radius 3 is 2.62 bits per heavy atom. The molecular formula is C17H25N5O2S2. The lowest BCUT2D eigenvalue weighted by molar-refractivity contribution is 0.519. The van der Waals surface area contributed by atoms with Crippen LogP contribution in [0.1, 0.15) is 22.4 Å². The number of rotatable bonds is 7. The average molecular weight is 396 g/mol. The Kier molecular flexibility index (Phi) is 7.13. The highest BCUT2D eigenvalue weighted by molar-refractivity contribution is 7.89. The van der Waals surface area contributed by atoms with Gasteiger partial charge >= 0.3 is 0 Å². The van der Waals surface area contributed by atoms with E-state index in [1.165, 1.54) is 18.4 Å². The van der Waals surface area contributed by atoms with Gasteiger partial charge < -0.3 is 10.6 Å². The van der Waals surface area contributed by atoms with Crippen molar-refractivity contribution in [1.82, 2.24) is 19.9 Å². The zero-order valence-corrected chi connectivity index (χ0v) is 17.1. The molecule has 0 saturated heterocycles. The van der Waals surface area contributed by atoms with Gasteiger partial charge in [0.05, 0.1) is 18.0 Å². The normalized spacial score (nSPS) is 12.4. The molecule has 1 heterocycles. The third kappa shape index (κ3) is 5.26. The van der Waals surface area contributed by atoms with E-state index in [2.05, 4.69) is 20.6 Å². The van der Waals surface area contributed by atoms with Gasteiger partial charge in [-0.25, -0.2) is 22.7 Å². The molecule has 0 radical (unpaired) electrons.